The van der Waals surface area contributed by atoms with Crippen molar-refractivity contribution < 1.29 is 37.6 Å². The molecule has 0 amide bonds. The number of ether oxygens (including phenoxy) is 2. The van der Waals surface area contributed by atoms with E-state index in [9.17, 15) is 19.0 Å². The molecule has 0 aliphatic carbocycles. The van der Waals surface area contributed by atoms with Crippen LogP contribution < -0.4 is 5.73 Å². The lowest BCUT2D eigenvalue weighted by Crippen LogP contribution is -2.29. The Morgan fingerprint density at radius 1 is 0.392 bits per heavy atom. The number of hydrogen-bond acceptors (Lipinski definition) is 8. The van der Waals surface area contributed by atoms with Crippen molar-refractivity contribution in [1.82, 2.24) is 0 Å². The number of allylic oxidation sites excluding steroid dienone is 14. The van der Waals surface area contributed by atoms with E-state index >= 15 is 0 Å². The van der Waals surface area contributed by atoms with Crippen molar-refractivity contribution in [1.29, 1.82) is 0 Å². The lowest BCUT2D eigenvalue weighted by atomic mass is 10.0. The highest BCUT2D eigenvalue weighted by atomic mass is 31.2. The van der Waals surface area contributed by atoms with Gasteiger partial charge in [-0.25, -0.2) is 4.57 Å². The predicted octanol–water partition coefficient (Wildman–Crippen LogP) is 21.4. The van der Waals surface area contributed by atoms with Crippen molar-refractivity contribution in [3.8, 4) is 0 Å². The van der Waals surface area contributed by atoms with Gasteiger partial charge in [-0.05, 0) is 89.9 Å². The minimum Gasteiger partial charge on any atom is -0.462 e. The van der Waals surface area contributed by atoms with Crippen LogP contribution in [0.1, 0.15) is 309 Å². The fourth-order valence-corrected chi connectivity index (χ4v) is 10.2. The topological polar surface area (TPSA) is 134 Å². The molecule has 9 nitrogen and oxygen atoms in total. The van der Waals surface area contributed by atoms with Crippen LogP contribution in [0.5, 0.6) is 0 Å². The fraction of sp³-hybridized carbons (Fsp3) is 0.768. The van der Waals surface area contributed by atoms with Gasteiger partial charge in [0.15, 0.2) is 6.10 Å². The summed E-state index contributed by atoms with van der Waals surface area (Å²) in [5, 5.41) is 0. The van der Waals surface area contributed by atoms with Gasteiger partial charge in [-0.2, -0.15) is 0 Å². The highest BCUT2D eigenvalue weighted by Gasteiger charge is 2.26. The van der Waals surface area contributed by atoms with Gasteiger partial charge in [0.25, 0.3) is 0 Å². The van der Waals surface area contributed by atoms with E-state index in [2.05, 4.69) is 98.9 Å². The van der Waals surface area contributed by atoms with E-state index in [1.54, 1.807) is 0 Å². The van der Waals surface area contributed by atoms with E-state index in [0.717, 1.165) is 77.0 Å². The first-order chi connectivity index (χ1) is 38.8. The van der Waals surface area contributed by atoms with E-state index in [4.69, 9.17) is 24.3 Å². The van der Waals surface area contributed by atoms with E-state index in [1.165, 1.54) is 199 Å². The maximum absolute atomic E-state index is 12.8. The van der Waals surface area contributed by atoms with Gasteiger partial charge in [-0.1, -0.05) is 292 Å². The number of phosphoric ester groups is 1. The Labute approximate surface area is 487 Å². The van der Waals surface area contributed by atoms with Crippen LogP contribution in [0.4, 0.5) is 0 Å². The van der Waals surface area contributed by atoms with Crippen molar-refractivity contribution in [3.63, 3.8) is 0 Å². The first-order valence-electron chi connectivity index (χ1n) is 33.1. The molecule has 0 fully saturated rings. The molecule has 0 heterocycles. The maximum atomic E-state index is 12.8. The van der Waals surface area contributed by atoms with Crippen molar-refractivity contribution in [2.24, 2.45) is 5.73 Å². The molecule has 2 unspecified atom stereocenters. The predicted molar refractivity (Wildman–Crippen MR) is 339 cm³/mol. The summed E-state index contributed by atoms with van der Waals surface area (Å²) < 4.78 is 33.2. The van der Waals surface area contributed by atoms with Crippen LogP contribution in [0, 0.1) is 0 Å². The number of carbonyl (C=O) groups is 2. The minimum absolute atomic E-state index is 0.0521. The lowest BCUT2D eigenvalue weighted by Gasteiger charge is -2.19. The Morgan fingerprint density at radius 3 is 1.04 bits per heavy atom. The Morgan fingerprint density at radius 2 is 0.696 bits per heavy atom. The van der Waals surface area contributed by atoms with Gasteiger partial charge in [-0.3, -0.25) is 18.6 Å². The average Bonchev–Trinajstić information content (AvgIpc) is 3.44. The second-order valence-corrected chi connectivity index (χ2v) is 23.4. The number of nitrogens with two attached hydrogens (primary N) is 1. The molecule has 0 aromatic carbocycles. The van der Waals surface area contributed by atoms with Gasteiger partial charge in [0, 0.05) is 19.4 Å². The molecule has 10 heteroatoms. The summed E-state index contributed by atoms with van der Waals surface area (Å²) in [5.74, 6) is -0.818. The van der Waals surface area contributed by atoms with E-state index in [-0.39, 0.29) is 38.6 Å². The summed E-state index contributed by atoms with van der Waals surface area (Å²) in [5.41, 5.74) is 5.40. The van der Waals surface area contributed by atoms with Gasteiger partial charge in [0.1, 0.15) is 6.61 Å². The quantitative estimate of drug-likeness (QED) is 0.0264. The summed E-state index contributed by atoms with van der Waals surface area (Å²) >= 11 is 0. The molecule has 0 bridgehead atoms. The van der Waals surface area contributed by atoms with Crippen LogP contribution in [-0.2, 0) is 32.7 Å². The smallest absolute Gasteiger partial charge is 0.462 e. The summed E-state index contributed by atoms with van der Waals surface area (Å²) in [6.45, 7) is 3.66. The zero-order valence-electron chi connectivity index (χ0n) is 51.3. The van der Waals surface area contributed by atoms with Crippen molar-refractivity contribution in [2.45, 2.75) is 315 Å². The van der Waals surface area contributed by atoms with Gasteiger partial charge in [-0.15, -0.1) is 0 Å². The molecule has 79 heavy (non-hydrogen) atoms. The molecule has 0 aliphatic rings. The molecule has 0 spiro atoms. The summed E-state index contributed by atoms with van der Waals surface area (Å²) in [4.78, 5) is 35.3. The molecular formula is C69H124NO8P. The molecular weight excluding hydrogens is 1000 g/mol. The highest BCUT2D eigenvalue weighted by molar-refractivity contribution is 7.47. The van der Waals surface area contributed by atoms with Crippen LogP contribution >= 0.6 is 7.82 Å². The van der Waals surface area contributed by atoms with Crippen LogP contribution in [0.2, 0.25) is 0 Å². The molecule has 0 aliphatic heterocycles. The third-order valence-corrected chi connectivity index (χ3v) is 15.2. The van der Waals surface area contributed by atoms with Gasteiger partial charge in [0.2, 0.25) is 0 Å². The number of esters is 2. The Bertz CT molecular complexity index is 1570. The largest absolute Gasteiger partial charge is 0.472 e. The van der Waals surface area contributed by atoms with Gasteiger partial charge >= 0.3 is 19.8 Å². The molecule has 0 saturated carbocycles. The standard InChI is InChI=1S/C69H124NO8P/c1-3-5-7-9-11-13-15-17-19-21-23-25-27-29-30-31-32-33-34-35-36-38-40-42-44-46-48-50-52-54-56-58-60-62-69(72)78-67(66-77-79(73,74)76-64-63-70)65-75-68(71)61-59-57-55-53-51-49-47-45-43-41-39-37-28-26-24-22-20-18-16-14-12-10-8-6-4-2/h5,7,11,13,16-19,22-25,29-30,67H,3-4,6,8-10,12,14-15,20-21,26-28,31-66,70H2,1-2H3,(H,73,74)/b7-5-,13-11-,18-16-,19-17-,24-22-,25-23-,30-29-. The number of unbranched alkanes of at least 4 members (excludes halogenated alkanes) is 35. The summed E-state index contributed by atoms with van der Waals surface area (Å²) in [7, 11) is -4.39. The first-order valence-corrected chi connectivity index (χ1v) is 34.6. The first kappa shape index (κ1) is 76.2. The monoisotopic (exact) mass is 1130 g/mol. The zero-order valence-corrected chi connectivity index (χ0v) is 52.2. The number of hydrogen-bond donors (Lipinski definition) is 2. The zero-order chi connectivity index (χ0) is 57.3. The van der Waals surface area contributed by atoms with Crippen LogP contribution in [0.25, 0.3) is 0 Å². The van der Waals surface area contributed by atoms with E-state index in [1.807, 2.05) is 0 Å². The van der Waals surface area contributed by atoms with Crippen molar-refractivity contribution in [3.05, 3.63) is 85.1 Å². The number of carbonyl (C=O) groups excluding carboxylic acids is 2. The molecule has 0 saturated heterocycles. The lowest BCUT2D eigenvalue weighted by molar-refractivity contribution is -0.161. The molecule has 3 N–H and O–H groups in total. The molecule has 0 rings (SSSR count). The van der Waals surface area contributed by atoms with Gasteiger partial charge in [0.05, 0.1) is 13.2 Å². The summed E-state index contributed by atoms with van der Waals surface area (Å²) in [6.07, 6.45) is 85.2. The third-order valence-electron chi connectivity index (χ3n) is 14.3. The van der Waals surface area contributed by atoms with Crippen LogP contribution in [-0.4, -0.2) is 49.3 Å². The Hall–Kier alpha value is -2.81. The molecule has 0 aromatic rings. The maximum Gasteiger partial charge on any atom is 0.472 e. The molecule has 458 valence electrons. The Kier molecular flexibility index (Phi) is 62.1. The number of phosphoric acid groups is 1. The van der Waals surface area contributed by atoms with Crippen LogP contribution in [0.3, 0.4) is 0 Å². The molecule has 0 radical (unpaired) electrons. The Balaban J connectivity index is 3.89. The molecule has 2 atom stereocenters. The van der Waals surface area contributed by atoms with Gasteiger partial charge < -0.3 is 20.1 Å². The summed E-state index contributed by atoms with van der Waals surface area (Å²) in [6, 6.07) is 0. The average molecular weight is 1130 g/mol. The minimum atomic E-state index is -4.39. The molecule has 0 aromatic heterocycles. The normalized spacial score (nSPS) is 13.5. The van der Waals surface area contributed by atoms with E-state index in [0.29, 0.717) is 6.42 Å². The second-order valence-electron chi connectivity index (χ2n) is 22.0. The highest BCUT2D eigenvalue weighted by Crippen LogP contribution is 2.43. The van der Waals surface area contributed by atoms with Crippen LogP contribution in [0.15, 0.2) is 85.1 Å². The van der Waals surface area contributed by atoms with Crippen molar-refractivity contribution in [2.75, 3.05) is 26.4 Å². The SMILES string of the molecule is CC/C=C\C/C=C\C/C=C\C/C=C\C/C=C\CCCCCCCCCCCCCCCCCCCC(=O)OC(COC(=O)CCCCCCCCCCCCCCC/C=C\C/C=C\CCCCCCC)COP(=O)(O)OCCN. The number of rotatable bonds is 62. The third kappa shape index (κ3) is 64.2. The van der Waals surface area contributed by atoms with Crippen molar-refractivity contribution >= 4 is 19.8 Å². The fourth-order valence-electron chi connectivity index (χ4n) is 9.40. The second kappa shape index (κ2) is 64.4. The van der Waals surface area contributed by atoms with E-state index < -0.39 is 26.5 Å².